The summed E-state index contributed by atoms with van der Waals surface area (Å²) >= 11 is 0. The molecule has 1 saturated heterocycles. The minimum absolute atomic E-state index is 0.212. The molecule has 0 spiro atoms. The van der Waals surface area contributed by atoms with Crippen LogP contribution in [0.1, 0.15) is 45.1 Å². The summed E-state index contributed by atoms with van der Waals surface area (Å²) in [6.45, 7) is 8.03. The van der Waals surface area contributed by atoms with Crippen molar-refractivity contribution < 1.29 is 14.3 Å². The first-order chi connectivity index (χ1) is 13.0. The number of carbonyl (C=O) groups excluding carboxylic acids is 2. The second-order valence-electron chi connectivity index (χ2n) is 7.49. The average Bonchev–Trinajstić information content (AvgIpc) is 3.18. The Bertz CT molecular complexity index is 581. The zero-order valence-electron chi connectivity index (χ0n) is 16.6. The van der Waals surface area contributed by atoms with Crippen molar-refractivity contribution in [1.29, 1.82) is 0 Å². The normalized spacial score (nSPS) is 13.8. The van der Waals surface area contributed by atoms with Crippen LogP contribution in [-0.4, -0.2) is 49.7 Å². The van der Waals surface area contributed by atoms with Gasteiger partial charge in [-0.3, -0.25) is 4.79 Å². The van der Waals surface area contributed by atoms with Crippen LogP contribution in [0.15, 0.2) is 24.3 Å². The van der Waals surface area contributed by atoms with Gasteiger partial charge < -0.3 is 20.3 Å². The highest BCUT2D eigenvalue weighted by molar-refractivity contribution is 5.89. The van der Waals surface area contributed by atoms with E-state index in [-0.39, 0.29) is 11.9 Å². The number of anilines is 1. The van der Waals surface area contributed by atoms with Crippen LogP contribution in [0.25, 0.3) is 0 Å². The lowest BCUT2D eigenvalue weighted by Crippen LogP contribution is -2.30. The molecule has 0 saturated carbocycles. The van der Waals surface area contributed by atoms with E-state index in [2.05, 4.69) is 24.5 Å². The molecule has 0 radical (unpaired) electrons. The number of rotatable bonds is 10. The van der Waals surface area contributed by atoms with Crippen LogP contribution in [0.5, 0.6) is 0 Å². The summed E-state index contributed by atoms with van der Waals surface area (Å²) < 4.78 is 5.48. The molecular weight excluding hydrogens is 342 g/mol. The van der Waals surface area contributed by atoms with Gasteiger partial charge in [-0.25, -0.2) is 4.79 Å². The van der Waals surface area contributed by atoms with E-state index >= 15 is 0 Å². The maximum absolute atomic E-state index is 12.1. The molecule has 150 valence electrons. The summed E-state index contributed by atoms with van der Waals surface area (Å²) in [4.78, 5) is 25.9. The summed E-state index contributed by atoms with van der Waals surface area (Å²) in [5, 5.41) is 5.65. The minimum atomic E-state index is -0.212. The quantitative estimate of drug-likeness (QED) is 0.616. The summed E-state index contributed by atoms with van der Waals surface area (Å²) in [5.74, 6) is 0.772. The second kappa shape index (κ2) is 11.6. The van der Waals surface area contributed by atoms with Gasteiger partial charge >= 0.3 is 6.03 Å². The van der Waals surface area contributed by atoms with Crippen molar-refractivity contribution in [2.75, 3.05) is 38.2 Å². The Morgan fingerprint density at radius 2 is 1.85 bits per heavy atom. The number of benzene rings is 1. The molecule has 1 heterocycles. The third-order valence-corrected chi connectivity index (χ3v) is 4.50. The largest absolute Gasteiger partial charge is 0.381 e. The Morgan fingerprint density at radius 1 is 1.15 bits per heavy atom. The van der Waals surface area contributed by atoms with Crippen molar-refractivity contribution in [1.82, 2.24) is 10.2 Å². The monoisotopic (exact) mass is 375 g/mol. The van der Waals surface area contributed by atoms with Crippen molar-refractivity contribution in [2.45, 2.75) is 46.0 Å². The average molecular weight is 376 g/mol. The fraction of sp³-hybridized carbons (Fsp3) is 0.619. The first-order valence-corrected chi connectivity index (χ1v) is 10.0. The molecule has 0 unspecified atom stereocenters. The predicted octanol–water partition coefficient (Wildman–Crippen LogP) is 3.43. The molecule has 2 rings (SSSR count). The molecule has 0 aromatic heterocycles. The number of urea groups is 1. The molecule has 1 fully saturated rings. The number of nitrogens with one attached hydrogen (secondary N) is 2. The Labute approximate surface area is 162 Å². The third kappa shape index (κ3) is 8.43. The van der Waals surface area contributed by atoms with Crippen molar-refractivity contribution in [3.63, 3.8) is 0 Å². The maximum atomic E-state index is 12.1. The van der Waals surface area contributed by atoms with Gasteiger partial charge in [-0.05, 0) is 49.3 Å². The number of aryl methyl sites for hydroxylation is 1. The van der Waals surface area contributed by atoms with Gasteiger partial charge in [0.2, 0.25) is 5.91 Å². The van der Waals surface area contributed by atoms with E-state index in [9.17, 15) is 9.59 Å². The van der Waals surface area contributed by atoms with Crippen LogP contribution in [0, 0.1) is 5.92 Å². The highest BCUT2D eigenvalue weighted by atomic mass is 16.5. The van der Waals surface area contributed by atoms with Gasteiger partial charge in [0, 0.05) is 45.0 Å². The summed E-state index contributed by atoms with van der Waals surface area (Å²) in [5.41, 5.74) is 1.86. The van der Waals surface area contributed by atoms with Gasteiger partial charge in [-0.15, -0.1) is 0 Å². The zero-order chi connectivity index (χ0) is 19.5. The molecule has 1 aromatic rings. The van der Waals surface area contributed by atoms with Crippen molar-refractivity contribution in [3.05, 3.63) is 29.8 Å². The number of hydrogen-bond donors (Lipinski definition) is 2. The number of ether oxygens (including phenoxy) is 1. The van der Waals surface area contributed by atoms with Crippen LogP contribution in [0.4, 0.5) is 10.5 Å². The van der Waals surface area contributed by atoms with Gasteiger partial charge in [0.1, 0.15) is 0 Å². The van der Waals surface area contributed by atoms with Crippen LogP contribution < -0.4 is 10.6 Å². The number of carbonyl (C=O) groups is 2. The first-order valence-electron chi connectivity index (χ1n) is 10.0. The number of nitrogens with zero attached hydrogens (tertiary/aromatic N) is 1. The SMILES string of the molecule is CC(C)COCCCNC(=O)Nc1ccc(CCC(=O)N2CCCC2)cc1. The van der Waals surface area contributed by atoms with Crippen LogP contribution >= 0.6 is 0 Å². The molecule has 6 heteroatoms. The number of hydrogen-bond acceptors (Lipinski definition) is 3. The molecule has 0 aliphatic carbocycles. The molecule has 1 aliphatic heterocycles. The predicted molar refractivity (Wildman–Crippen MR) is 108 cm³/mol. The topological polar surface area (TPSA) is 70.7 Å². The van der Waals surface area contributed by atoms with E-state index in [1.165, 1.54) is 0 Å². The van der Waals surface area contributed by atoms with Gasteiger partial charge in [-0.2, -0.15) is 0 Å². The molecule has 0 atom stereocenters. The molecule has 1 aromatic carbocycles. The zero-order valence-corrected chi connectivity index (χ0v) is 16.6. The Morgan fingerprint density at radius 3 is 2.52 bits per heavy atom. The second-order valence-corrected chi connectivity index (χ2v) is 7.49. The molecule has 0 bridgehead atoms. The molecule has 2 N–H and O–H groups in total. The third-order valence-electron chi connectivity index (χ3n) is 4.50. The maximum Gasteiger partial charge on any atom is 0.319 e. The van der Waals surface area contributed by atoms with Crippen molar-refractivity contribution >= 4 is 17.6 Å². The number of likely N-dealkylation sites (tertiary alicyclic amines) is 1. The van der Waals surface area contributed by atoms with E-state index in [4.69, 9.17) is 4.74 Å². The Balaban J connectivity index is 1.61. The lowest BCUT2D eigenvalue weighted by molar-refractivity contribution is -0.130. The van der Waals surface area contributed by atoms with Crippen molar-refractivity contribution in [3.8, 4) is 0 Å². The molecule has 1 aliphatic rings. The standard InChI is InChI=1S/C21H33N3O3/c1-17(2)16-27-15-5-12-22-21(26)23-19-9-6-18(7-10-19)8-11-20(25)24-13-3-4-14-24/h6-7,9-10,17H,3-5,8,11-16H2,1-2H3,(H2,22,23,26). The lowest BCUT2D eigenvalue weighted by Gasteiger charge is -2.15. The smallest absolute Gasteiger partial charge is 0.319 e. The highest BCUT2D eigenvalue weighted by Crippen LogP contribution is 2.14. The molecular formula is C21H33N3O3. The van der Waals surface area contributed by atoms with Gasteiger partial charge in [-0.1, -0.05) is 26.0 Å². The fourth-order valence-electron chi connectivity index (χ4n) is 3.00. The van der Waals surface area contributed by atoms with E-state index < -0.39 is 0 Å². The highest BCUT2D eigenvalue weighted by Gasteiger charge is 2.17. The lowest BCUT2D eigenvalue weighted by atomic mass is 10.1. The Hall–Kier alpha value is -2.08. The summed E-state index contributed by atoms with van der Waals surface area (Å²) in [6, 6.07) is 7.47. The number of amides is 3. The molecule has 27 heavy (non-hydrogen) atoms. The molecule has 6 nitrogen and oxygen atoms in total. The van der Waals surface area contributed by atoms with Crippen molar-refractivity contribution in [2.24, 2.45) is 5.92 Å². The van der Waals surface area contributed by atoms with Gasteiger partial charge in [0.25, 0.3) is 0 Å². The first kappa shape index (κ1) is 21.2. The minimum Gasteiger partial charge on any atom is -0.381 e. The van der Waals surface area contributed by atoms with E-state index in [0.717, 1.165) is 56.6 Å². The van der Waals surface area contributed by atoms with Gasteiger partial charge in [0.05, 0.1) is 0 Å². The van der Waals surface area contributed by atoms with Crippen LogP contribution in [-0.2, 0) is 16.0 Å². The van der Waals surface area contributed by atoms with E-state index in [1.807, 2.05) is 29.2 Å². The summed E-state index contributed by atoms with van der Waals surface area (Å²) in [6.07, 6.45) is 4.33. The van der Waals surface area contributed by atoms with E-state index in [1.54, 1.807) is 0 Å². The Kier molecular flexibility index (Phi) is 9.11. The van der Waals surface area contributed by atoms with Gasteiger partial charge in [0.15, 0.2) is 0 Å². The molecule has 3 amide bonds. The summed E-state index contributed by atoms with van der Waals surface area (Å²) in [7, 11) is 0. The fourth-order valence-corrected chi connectivity index (χ4v) is 3.00. The van der Waals surface area contributed by atoms with E-state index in [0.29, 0.717) is 25.5 Å². The van der Waals surface area contributed by atoms with Crippen LogP contribution in [0.3, 0.4) is 0 Å². The van der Waals surface area contributed by atoms with Crippen LogP contribution in [0.2, 0.25) is 0 Å².